The number of Topliss-reactive ketones (excluding diaryl/α,β-unsaturated/α-hetero) is 1. The number of aromatic nitrogens is 1. The minimum absolute atomic E-state index is 0.205. The number of methoxy groups -OCH3 is 1. The van der Waals surface area contributed by atoms with Gasteiger partial charge in [-0.25, -0.2) is 4.79 Å². The van der Waals surface area contributed by atoms with Crippen molar-refractivity contribution in [2.45, 2.75) is 27.0 Å². The van der Waals surface area contributed by atoms with E-state index in [0.29, 0.717) is 29.5 Å². The lowest BCUT2D eigenvalue weighted by Crippen LogP contribution is -2.16. The van der Waals surface area contributed by atoms with Gasteiger partial charge in [0.05, 0.1) is 6.61 Å². The summed E-state index contributed by atoms with van der Waals surface area (Å²) in [6.45, 7) is 4.84. The number of aryl methyl sites for hydroxylation is 1. The van der Waals surface area contributed by atoms with E-state index >= 15 is 0 Å². The highest BCUT2D eigenvalue weighted by atomic mass is 35.5. The van der Waals surface area contributed by atoms with Gasteiger partial charge in [-0.05, 0) is 38.1 Å². The Morgan fingerprint density at radius 3 is 2.47 bits per heavy atom. The van der Waals surface area contributed by atoms with Crippen LogP contribution < -0.4 is 4.74 Å². The van der Waals surface area contributed by atoms with Gasteiger partial charge in [-0.1, -0.05) is 41.9 Å². The quantitative estimate of drug-likeness (QED) is 0.317. The zero-order valence-corrected chi connectivity index (χ0v) is 19.1. The molecule has 168 valence electrons. The first-order valence-electron chi connectivity index (χ1n) is 10.2. The van der Waals surface area contributed by atoms with Crippen molar-refractivity contribution in [2.24, 2.45) is 0 Å². The van der Waals surface area contributed by atoms with Crippen LogP contribution in [0.3, 0.4) is 0 Å². The Balaban J connectivity index is 1.65. The zero-order valence-electron chi connectivity index (χ0n) is 18.4. The van der Waals surface area contributed by atoms with Gasteiger partial charge in [-0.3, -0.25) is 4.79 Å². The molecular weight excluding hydrogens is 430 g/mol. The minimum Gasteiger partial charge on any atom is -0.488 e. The molecule has 0 radical (unpaired) electrons. The van der Waals surface area contributed by atoms with Crippen molar-refractivity contribution >= 4 is 23.4 Å². The fourth-order valence-electron chi connectivity index (χ4n) is 3.43. The van der Waals surface area contributed by atoms with E-state index in [-0.39, 0.29) is 24.6 Å². The molecule has 0 saturated carbocycles. The molecule has 6 nitrogen and oxygen atoms in total. The molecule has 1 heterocycles. The number of para-hydroxylation sites is 1. The highest BCUT2D eigenvalue weighted by molar-refractivity contribution is 6.31. The first-order chi connectivity index (χ1) is 15.4. The molecular formula is C25H26ClNO5. The third kappa shape index (κ3) is 5.58. The first kappa shape index (κ1) is 23.6. The maximum Gasteiger partial charge on any atom is 0.342 e. The summed E-state index contributed by atoms with van der Waals surface area (Å²) in [5.41, 5.74) is 3.36. The van der Waals surface area contributed by atoms with Crippen LogP contribution in [0, 0.1) is 13.8 Å². The number of benzene rings is 2. The Morgan fingerprint density at radius 2 is 1.72 bits per heavy atom. The SMILES string of the molecule is COCCn1c(C)cc(C(=O)COC(=O)c2ccccc2OCc2ccccc2Cl)c1C. The smallest absolute Gasteiger partial charge is 0.342 e. The summed E-state index contributed by atoms with van der Waals surface area (Å²) in [7, 11) is 1.63. The number of hydrogen-bond acceptors (Lipinski definition) is 5. The zero-order chi connectivity index (χ0) is 23.1. The number of carbonyl (C=O) groups excluding carboxylic acids is 2. The van der Waals surface area contributed by atoms with Crippen molar-refractivity contribution in [3.8, 4) is 5.75 Å². The van der Waals surface area contributed by atoms with Gasteiger partial charge in [0.2, 0.25) is 5.78 Å². The van der Waals surface area contributed by atoms with Gasteiger partial charge in [-0.15, -0.1) is 0 Å². The molecule has 3 rings (SSSR count). The summed E-state index contributed by atoms with van der Waals surface area (Å²) >= 11 is 6.17. The lowest BCUT2D eigenvalue weighted by atomic mass is 10.1. The Kier molecular flexibility index (Phi) is 8.09. The van der Waals surface area contributed by atoms with Crippen LogP contribution in [0.4, 0.5) is 0 Å². The average molecular weight is 456 g/mol. The molecule has 1 aromatic heterocycles. The van der Waals surface area contributed by atoms with E-state index in [2.05, 4.69) is 0 Å². The van der Waals surface area contributed by atoms with E-state index in [1.165, 1.54) is 0 Å². The number of rotatable bonds is 10. The largest absolute Gasteiger partial charge is 0.488 e. The summed E-state index contributed by atoms with van der Waals surface area (Å²) in [6, 6.07) is 15.9. The number of carbonyl (C=O) groups is 2. The molecule has 0 saturated heterocycles. The van der Waals surface area contributed by atoms with Gasteiger partial charge in [0.1, 0.15) is 17.9 Å². The number of nitrogens with zero attached hydrogens (tertiary/aromatic N) is 1. The van der Waals surface area contributed by atoms with Crippen LogP contribution in [-0.2, 0) is 22.6 Å². The Labute approximate surface area is 192 Å². The third-order valence-corrected chi connectivity index (χ3v) is 5.54. The number of hydrogen-bond donors (Lipinski definition) is 0. The number of ketones is 1. The Hall–Kier alpha value is -3.09. The predicted molar refractivity (Wildman–Crippen MR) is 123 cm³/mol. The van der Waals surface area contributed by atoms with E-state index in [1.807, 2.05) is 42.7 Å². The third-order valence-electron chi connectivity index (χ3n) is 5.18. The maximum atomic E-state index is 12.7. The van der Waals surface area contributed by atoms with Gasteiger partial charge in [0.15, 0.2) is 6.61 Å². The van der Waals surface area contributed by atoms with Crippen LogP contribution in [0.15, 0.2) is 54.6 Å². The topological polar surface area (TPSA) is 66.8 Å². The van der Waals surface area contributed by atoms with Crippen LogP contribution >= 0.6 is 11.6 Å². The number of ether oxygens (including phenoxy) is 3. The summed E-state index contributed by atoms with van der Waals surface area (Å²) < 4.78 is 18.3. The van der Waals surface area contributed by atoms with E-state index in [0.717, 1.165) is 17.0 Å². The van der Waals surface area contributed by atoms with Crippen molar-refractivity contribution in [2.75, 3.05) is 20.3 Å². The molecule has 0 N–H and O–H groups in total. The lowest BCUT2D eigenvalue weighted by Gasteiger charge is -2.12. The molecule has 7 heteroatoms. The molecule has 2 aromatic carbocycles. The van der Waals surface area contributed by atoms with E-state index in [4.69, 9.17) is 25.8 Å². The monoisotopic (exact) mass is 455 g/mol. The van der Waals surface area contributed by atoms with Crippen LogP contribution in [-0.4, -0.2) is 36.6 Å². The number of halogens is 1. The summed E-state index contributed by atoms with van der Waals surface area (Å²) in [5.74, 6) is -0.520. The second kappa shape index (κ2) is 11.0. The molecule has 0 aliphatic heterocycles. The van der Waals surface area contributed by atoms with Crippen LogP contribution in [0.5, 0.6) is 5.75 Å². The minimum atomic E-state index is -0.624. The predicted octanol–water partition coefficient (Wildman–Crippen LogP) is 5.02. The van der Waals surface area contributed by atoms with E-state index in [1.54, 1.807) is 37.4 Å². The molecule has 0 unspecified atom stereocenters. The van der Waals surface area contributed by atoms with Crippen LogP contribution in [0.2, 0.25) is 5.02 Å². The van der Waals surface area contributed by atoms with Crippen molar-refractivity contribution in [3.63, 3.8) is 0 Å². The average Bonchev–Trinajstić information content (AvgIpc) is 3.08. The van der Waals surface area contributed by atoms with Gasteiger partial charge >= 0.3 is 5.97 Å². The molecule has 32 heavy (non-hydrogen) atoms. The fourth-order valence-corrected chi connectivity index (χ4v) is 3.62. The standard InChI is InChI=1S/C25H26ClNO5/c1-17-14-21(18(2)27(17)12-13-30-3)23(28)16-32-25(29)20-9-5-7-11-24(20)31-15-19-8-4-6-10-22(19)26/h4-11,14H,12-13,15-16H2,1-3H3. The fraction of sp³-hybridized carbons (Fsp3) is 0.280. The van der Waals surface area contributed by atoms with Crippen LogP contribution in [0.25, 0.3) is 0 Å². The molecule has 0 bridgehead atoms. The van der Waals surface area contributed by atoms with Gasteiger partial charge < -0.3 is 18.8 Å². The Morgan fingerprint density at radius 1 is 1.00 bits per heavy atom. The second-order valence-corrected chi connectivity index (χ2v) is 7.71. The summed E-state index contributed by atoms with van der Waals surface area (Å²) in [6.07, 6.45) is 0. The van der Waals surface area contributed by atoms with Gasteiger partial charge in [0, 0.05) is 41.2 Å². The van der Waals surface area contributed by atoms with E-state index < -0.39 is 5.97 Å². The molecule has 0 aliphatic carbocycles. The summed E-state index contributed by atoms with van der Waals surface area (Å²) in [4.78, 5) is 25.4. The van der Waals surface area contributed by atoms with Crippen LogP contribution in [0.1, 0.15) is 37.7 Å². The van der Waals surface area contributed by atoms with Crippen molar-refractivity contribution < 1.29 is 23.8 Å². The van der Waals surface area contributed by atoms with Gasteiger partial charge in [-0.2, -0.15) is 0 Å². The maximum absolute atomic E-state index is 12.7. The van der Waals surface area contributed by atoms with Gasteiger partial charge in [0.25, 0.3) is 0 Å². The second-order valence-electron chi connectivity index (χ2n) is 7.30. The molecule has 0 fully saturated rings. The lowest BCUT2D eigenvalue weighted by molar-refractivity contribution is 0.0470. The molecule has 3 aromatic rings. The summed E-state index contributed by atoms with van der Waals surface area (Å²) in [5, 5.41) is 0.584. The molecule has 0 aliphatic rings. The molecule has 0 amide bonds. The number of esters is 1. The van der Waals surface area contributed by atoms with Crippen molar-refractivity contribution in [3.05, 3.63) is 87.7 Å². The molecule has 0 atom stereocenters. The van der Waals surface area contributed by atoms with Crippen molar-refractivity contribution in [1.82, 2.24) is 4.57 Å². The van der Waals surface area contributed by atoms with E-state index in [9.17, 15) is 9.59 Å². The first-order valence-corrected chi connectivity index (χ1v) is 10.6. The highest BCUT2D eigenvalue weighted by Gasteiger charge is 2.19. The molecule has 0 spiro atoms. The normalized spacial score (nSPS) is 10.8. The Bertz CT molecular complexity index is 1110. The van der Waals surface area contributed by atoms with Crippen molar-refractivity contribution in [1.29, 1.82) is 0 Å². The highest BCUT2D eigenvalue weighted by Crippen LogP contribution is 2.23.